The number of ether oxygens (including phenoxy) is 2. The van der Waals surface area contributed by atoms with Crippen LogP contribution in [0.1, 0.15) is 12.5 Å². The first-order chi connectivity index (χ1) is 9.94. The van der Waals surface area contributed by atoms with E-state index in [9.17, 15) is 8.42 Å². The molecule has 0 heterocycles. The van der Waals surface area contributed by atoms with Crippen LogP contribution in [0.15, 0.2) is 47.4 Å². The molecule has 0 aliphatic rings. The third kappa shape index (κ3) is 3.89. The number of methoxy groups -OCH3 is 1. The van der Waals surface area contributed by atoms with Crippen LogP contribution in [0, 0.1) is 0 Å². The Bertz CT molecular complexity index is 724. The lowest BCUT2D eigenvalue weighted by Crippen LogP contribution is -1.93. The minimum atomic E-state index is -3.72. The lowest BCUT2D eigenvalue weighted by Gasteiger charge is -2.11. The van der Waals surface area contributed by atoms with Crippen molar-refractivity contribution in [2.45, 2.75) is 18.2 Å². The Hall–Kier alpha value is -1.72. The van der Waals surface area contributed by atoms with Gasteiger partial charge in [0.05, 0.1) is 12.0 Å². The molecular weight excluding hydrogens is 312 g/mol. The maximum Gasteiger partial charge on any atom is 0.261 e. The predicted octanol–water partition coefficient (Wildman–Crippen LogP) is 3.98. The summed E-state index contributed by atoms with van der Waals surface area (Å²) in [5.74, 6) is 1.70. The highest BCUT2D eigenvalue weighted by Crippen LogP contribution is 2.33. The number of hydrogen-bond donors (Lipinski definition) is 0. The molecule has 21 heavy (non-hydrogen) atoms. The van der Waals surface area contributed by atoms with Gasteiger partial charge >= 0.3 is 0 Å². The van der Waals surface area contributed by atoms with Crippen molar-refractivity contribution in [2.75, 3.05) is 7.11 Å². The van der Waals surface area contributed by atoms with Crippen molar-refractivity contribution >= 4 is 19.7 Å². The number of halogens is 1. The van der Waals surface area contributed by atoms with E-state index in [-0.39, 0.29) is 4.90 Å². The molecule has 0 atom stereocenters. The minimum Gasteiger partial charge on any atom is -0.493 e. The molecule has 112 valence electrons. The van der Waals surface area contributed by atoms with Crippen molar-refractivity contribution in [2.24, 2.45) is 0 Å². The molecule has 6 heteroatoms. The fraction of sp³-hybridized carbons (Fsp3) is 0.200. The summed E-state index contributed by atoms with van der Waals surface area (Å²) in [6.45, 7) is 2.06. The molecule has 0 N–H and O–H groups in total. The van der Waals surface area contributed by atoms with E-state index in [1.165, 1.54) is 12.1 Å². The van der Waals surface area contributed by atoms with E-state index in [0.29, 0.717) is 17.2 Å². The standard InChI is InChI=1S/C15H15ClO4S/c1-3-11-4-9-14(15(10-11)19-2)20-12-5-7-13(8-6-12)21(16,17)18/h4-10H,3H2,1-2H3. The molecule has 0 spiro atoms. The van der Waals surface area contributed by atoms with Crippen LogP contribution in [0.25, 0.3) is 0 Å². The van der Waals surface area contributed by atoms with Crippen LogP contribution in [0.5, 0.6) is 17.2 Å². The fourth-order valence-electron chi connectivity index (χ4n) is 1.81. The van der Waals surface area contributed by atoms with Crippen LogP contribution in [0.3, 0.4) is 0 Å². The van der Waals surface area contributed by atoms with Crippen LogP contribution >= 0.6 is 10.7 Å². The van der Waals surface area contributed by atoms with Crippen molar-refractivity contribution in [1.82, 2.24) is 0 Å². The summed E-state index contributed by atoms with van der Waals surface area (Å²) in [5.41, 5.74) is 1.14. The van der Waals surface area contributed by atoms with Crippen LogP contribution in [0.2, 0.25) is 0 Å². The van der Waals surface area contributed by atoms with Crippen molar-refractivity contribution in [3.05, 3.63) is 48.0 Å². The van der Waals surface area contributed by atoms with Gasteiger partial charge in [-0.25, -0.2) is 8.42 Å². The third-order valence-corrected chi connectivity index (χ3v) is 4.34. The van der Waals surface area contributed by atoms with Gasteiger partial charge in [-0.15, -0.1) is 0 Å². The maximum atomic E-state index is 11.2. The first-order valence-electron chi connectivity index (χ1n) is 6.33. The smallest absolute Gasteiger partial charge is 0.261 e. The van der Waals surface area contributed by atoms with Crippen molar-refractivity contribution in [3.63, 3.8) is 0 Å². The molecule has 0 saturated carbocycles. The van der Waals surface area contributed by atoms with Gasteiger partial charge in [0.25, 0.3) is 9.05 Å². The van der Waals surface area contributed by atoms with Crippen LogP contribution in [0.4, 0.5) is 0 Å². The highest BCUT2D eigenvalue weighted by molar-refractivity contribution is 8.13. The largest absolute Gasteiger partial charge is 0.493 e. The topological polar surface area (TPSA) is 52.6 Å². The second-order valence-electron chi connectivity index (χ2n) is 4.35. The zero-order valence-electron chi connectivity index (χ0n) is 11.7. The molecule has 0 unspecified atom stereocenters. The quantitative estimate of drug-likeness (QED) is 0.780. The second kappa shape index (κ2) is 6.37. The highest BCUT2D eigenvalue weighted by Gasteiger charge is 2.11. The second-order valence-corrected chi connectivity index (χ2v) is 6.92. The molecule has 0 saturated heterocycles. The number of rotatable bonds is 5. The van der Waals surface area contributed by atoms with Crippen molar-refractivity contribution in [1.29, 1.82) is 0 Å². The summed E-state index contributed by atoms with van der Waals surface area (Å²) in [7, 11) is 3.12. The molecule has 0 aliphatic carbocycles. The van der Waals surface area contributed by atoms with E-state index in [1.54, 1.807) is 19.2 Å². The Morgan fingerprint density at radius 2 is 1.71 bits per heavy atom. The lowest BCUT2D eigenvalue weighted by molar-refractivity contribution is 0.378. The first-order valence-corrected chi connectivity index (χ1v) is 8.64. The summed E-state index contributed by atoms with van der Waals surface area (Å²) in [6, 6.07) is 11.6. The summed E-state index contributed by atoms with van der Waals surface area (Å²) in [6.07, 6.45) is 0.902. The van der Waals surface area contributed by atoms with E-state index >= 15 is 0 Å². The average Bonchev–Trinajstić information content (AvgIpc) is 2.47. The van der Waals surface area contributed by atoms with Crippen molar-refractivity contribution in [3.8, 4) is 17.2 Å². The van der Waals surface area contributed by atoms with E-state index in [4.69, 9.17) is 20.2 Å². The normalized spacial score (nSPS) is 11.2. The van der Waals surface area contributed by atoms with Gasteiger partial charge in [0.15, 0.2) is 11.5 Å². The molecule has 0 aliphatic heterocycles. The SMILES string of the molecule is CCc1ccc(Oc2ccc(S(=O)(=O)Cl)cc2)c(OC)c1. The van der Waals surface area contributed by atoms with Crippen LogP contribution in [-0.2, 0) is 15.5 Å². The molecule has 2 rings (SSSR count). The monoisotopic (exact) mass is 326 g/mol. The average molecular weight is 327 g/mol. The van der Waals surface area contributed by atoms with Crippen LogP contribution < -0.4 is 9.47 Å². The van der Waals surface area contributed by atoms with Gasteiger partial charge < -0.3 is 9.47 Å². The number of hydrogen-bond acceptors (Lipinski definition) is 4. The Morgan fingerprint density at radius 1 is 1.05 bits per heavy atom. The molecule has 0 radical (unpaired) electrons. The summed E-state index contributed by atoms with van der Waals surface area (Å²) < 4.78 is 33.4. The zero-order chi connectivity index (χ0) is 15.5. The van der Waals surface area contributed by atoms with Crippen LogP contribution in [-0.4, -0.2) is 15.5 Å². The van der Waals surface area contributed by atoms with Gasteiger partial charge in [-0.2, -0.15) is 0 Å². The van der Waals surface area contributed by atoms with E-state index in [0.717, 1.165) is 12.0 Å². The molecule has 0 amide bonds. The predicted molar refractivity (Wildman–Crippen MR) is 81.9 cm³/mol. The minimum absolute atomic E-state index is 0.0322. The molecular formula is C15H15ClO4S. The third-order valence-electron chi connectivity index (χ3n) is 2.97. The zero-order valence-corrected chi connectivity index (χ0v) is 13.2. The first kappa shape index (κ1) is 15.7. The Morgan fingerprint density at radius 3 is 2.24 bits per heavy atom. The summed E-state index contributed by atoms with van der Waals surface area (Å²) in [5, 5.41) is 0. The molecule has 0 fully saturated rings. The molecule has 4 nitrogen and oxygen atoms in total. The van der Waals surface area contributed by atoms with E-state index < -0.39 is 9.05 Å². The summed E-state index contributed by atoms with van der Waals surface area (Å²) in [4.78, 5) is 0.0322. The Kier molecular flexibility index (Phi) is 4.75. The fourth-order valence-corrected chi connectivity index (χ4v) is 2.58. The molecule has 0 aromatic heterocycles. The van der Waals surface area contributed by atoms with Gasteiger partial charge in [0, 0.05) is 10.7 Å². The number of benzene rings is 2. The van der Waals surface area contributed by atoms with Gasteiger partial charge in [-0.1, -0.05) is 13.0 Å². The van der Waals surface area contributed by atoms with Gasteiger partial charge in [-0.05, 0) is 48.4 Å². The lowest BCUT2D eigenvalue weighted by atomic mass is 10.1. The molecule has 0 bridgehead atoms. The van der Waals surface area contributed by atoms with Gasteiger partial charge in [-0.3, -0.25) is 0 Å². The van der Waals surface area contributed by atoms with Gasteiger partial charge in [0.1, 0.15) is 5.75 Å². The van der Waals surface area contributed by atoms with E-state index in [1.807, 2.05) is 18.2 Å². The Balaban J connectivity index is 2.26. The highest BCUT2D eigenvalue weighted by atomic mass is 35.7. The Labute approximate surface area is 128 Å². The van der Waals surface area contributed by atoms with E-state index in [2.05, 4.69) is 6.92 Å². The maximum absolute atomic E-state index is 11.2. The van der Waals surface area contributed by atoms with Crippen molar-refractivity contribution < 1.29 is 17.9 Å². The number of aryl methyl sites for hydroxylation is 1. The summed E-state index contributed by atoms with van der Waals surface area (Å²) >= 11 is 0. The molecule has 2 aromatic rings. The van der Waals surface area contributed by atoms with Gasteiger partial charge in [0.2, 0.25) is 0 Å². The molecule has 2 aromatic carbocycles.